The Bertz CT molecular complexity index is 761. The zero-order valence-corrected chi connectivity index (χ0v) is 17.2. The van der Waals surface area contributed by atoms with Crippen molar-refractivity contribution in [2.75, 3.05) is 31.6 Å². The number of rotatable bonds is 8. The Kier molecular flexibility index (Phi) is 6.07. The van der Waals surface area contributed by atoms with Gasteiger partial charge >= 0.3 is 0 Å². The molecule has 0 aromatic carbocycles. The molecule has 8 heteroatoms. The zero-order valence-electron chi connectivity index (χ0n) is 16.3. The van der Waals surface area contributed by atoms with Crippen LogP contribution in [0.3, 0.4) is 0 Å². The van der Waals surface area contributed by atoms with Gasteiger partial charge in [0.2, 0.25) is 0 Å². The predicted octanol–water partition coefficient (Wildman–Crippen LogP) is 1.48. The molecule has 2 rings (SSSR count). The van der Waals surface area contributed by atoms with Gasteiger partial charge in [-0.3, -0.25) is 0 Å². The third-order valence-electron chi connectivity index (χ3n) is 4.67. The molecule has 0 amide bonds. The van der Waals surface area contributed by atoms with Crippen LogP contribution >= 0.6 is 0 Å². The molecule has 0 bridgehead atoms. The van der Waals surface area contributed by atoms with Crippen molar-refractivity contribution in [1.82, 2.24) is 10.6 Å². The second kappa shape index (κ2) is 7.60. The maximum Gasteiger partial charge on any atom is 0.191 e. The first-order valence-electron chi connectivity index (χ1n) is 8.96. The largest absolute Gasteiger partial charge is 0.466 e. The summed E-state index contributed by atoms with van der Waals surface area (Å²) in [7, 11) is -3.00. The molecule has 1 heterocycles. The van der Waals surface area contributed by atoms with Gasteiger partial charge in [-0.05, 0) is 46.6 Å². The summed E-state index contributed by atoms with van der Waals surface area (Å²) in [6, 6.07) is 1.83. The molecule has 1 saturated carbocycles. The van der Waals surface area contributed by atoms with Crippen LogP contribution < -0.4 is 10.6 Å². The summed E-state index contributed by atoms with van der Waals surface area (Å²) in [5, 5.41) is 17.2. The van der Waals surface area contributed by atoms with E-state index in [9.17, 15) is 13.5 Å². The molecule has 1 aromatic rings. The van der Waals surface area contributed by atoms with Gasteiger partial charge in [-0.2, -0.15) is 0 Å². The number of hydrogen-bond acceptors (Lipinski definition) is 5. The number of nitrogens with one attached hydrogen (secondary N) is 2. The minimum atomic E-state index is -3.00. The highest BCUT2D eigenvalue weighted by Crippen LogP contribution is 2.46. The van der Waals surface area contributed by atoms with Crippen LogP contribution in [0.2, 0.25) is 0 Å². The summed E-state index contributed by atoms with van der Waals surface area (Å²) in [4.78, 5) is 4.49. The van der Waals surface area contributed by atoms with E-state index < -0.39 is 15.4 Å². The fraction of sp³-hybridized carbons (Fsp3) is 0.722. The zero-order chi connectivity index (χ0) is 19.6. The van der Waals surface area contributed by atoms with E-state index in [1.807, 2.05) is 26.8 Å². The van der Waals surface area contributed by atoms with Crippen LogP contribution in [0, 0.1) is 19.3 Å². The summed E-state index contributed by atoms with van der Waals surface area (Å²) in [5.74, 6) is 2.21. The van der Waals surface area contributed by atoms with E-state index in [0.29, 0.717) is 24.8 Å². The molecule has 1 unspecified atom stereocenters. The lowest BCUT2D eigenvalue weighted by Gasteiger charge is -2.22. The summed E-state index contributed by atoms with van der Waals surface area (Å²) >= 11 is 0. The molecular weight excluding hydrogens is 354 g/mol. The lowest BCUT2D eigenvalue weighted by atomic mass is 9.96. The predicted molar refractivity (Wildman–Crippen MR) is 103 cm³/mol. The van der Waals surface area contributed by atoms with E-state index in [1.54, 1.807) is 6.92 Å². The highest BCUT2D eigenvalue weighted by molar-refractivity contribution is 7.90. The highest BCUT2D eigenvalue weighted by atomic mass is 32.2. The summed E-state index contributed by atoms with van der Waals surface area (Å²) in [6.07, 6.45) is 3.08. The molecule has 1 atom stereocenters. The van der Waals surface area contributed by atoms with Gasteiger partial charge in [-0.25, -0.2) is 13.4 Å². The van der Waals surface area contributed by atoms with Crippen molar-refractivity contribution in [3.05, 3.63) is 23.2 Å². The Hall–Kier alpha value is -1.54. The summed E-state index contributed by atoms with van der Waals surface area (Å²) in [5.41, 5.74) is -0.607. The third kappa shape index (κ3) is 5.74. The van der Waals surface area contributed by atoms with Crippen molar-refractivity contribution >= 4 is 15.8 Å². The van der Waals surface area contributed by atoms with E-state index >= 15 is 0 Å². The lowest BCUT2D eigenvalue weighted by Crippen LogP contribution is -2.42. The molecule has 1 aliphatic rings. The molecule has 148 valence electrons. The van der Waals surface area contributed by atoms with Gasteiger partial charge in [-0.1, -0.05) is 0 Å². The van der Waals surface area contributed by atoms with Gasteiger partial charge in [0, 0.05) is 30.3 Å². The number of aryl methyl sites for hydroxylation is 2. The fourth-order valence-corrected chi connectivity index (χ4v) is 4.70. The van der Waals surface area contributed by atoms with Crippen molar-refractivity contribution in [1.29, 1.82) is 0 Å². The van der Waals surface area contributed by atoms with Crippen LogP contribution in [0.25, 0.3) is 0 Å². The molecule has 0 saturated heterocycles. The van der Waals surface area contributed by atoms with Gasteiger partial charge in [0.05, 0.1) is 12.3 Å². The normalized spacial score (nSPS) is 19.1. The number of furan rings is 1. The first-order valence-corrected chi connectivity index (χ1v) is 11.0. The van der Waals surface area contributed by atoms with Crippen LogP contribution in [0.1, 0.15) is 43.8 Å². The van der Waals surface area contributed by atoms with Gasteiger partial charge in [0.15, 0.2) is 5.96 Å². The van der Waals surface area contributed by atoms with Crippen LogP contribution in [0.4, 0.5) is 0 Å². The topological polar surface area (TPSA) is 104 Å². The second-order valence-corrected chi connectivity index (χ2v) is 9.86. The third-order valence-corrected chi connectivity index (χ3v) is 5.80. The monoisotopic (exact) mass is 385 g/mol. The Morgan fingerprint density at radius 2 is 2.04 bits per heavy atom. The van der Waals surface area contributed by atoms with Crippen LogP contribution in [0.5, 0.6) is 0 Å². The Labute approximate surface area is 156 Å². The van der Waals surface area contributed by atoms with Crippen molar-refractivity contribution in [3.63, 3.8) is 0 Å². The van der Waals surface area contributed by atoms with Gasteiger partial charge in [-0.15, -0.1) is 0 Å². The van der Waals surface area contributed by atoms with Crippen molar-refractivity contribution in [2.45, 2.75) is 46.1 Å². The Morgan fingerprint density at radius 3 is 2.50 bits per heavy atom. The Balaban J connectivity index is 2.03. The number of hydrogen-bond donors (Lipinski definition) is 3. The molecule has 26 heavy (non-hydrogen) atoms. The molecule has 0 radical (unpaired) electrons. The molecule has 1 fully saturated rings. The van der Waals surface area contributed by atoms with Crippen LogP contribution in [-0.4, -0.2) is 51.1 Å². The average Bonchev–Trinajstić information content (AvgIpc) is 3.15. The number of guanidine groups is 1. The van der Waals surface area contributed by atoms with E-state index in [4.69, 9.17) is 4.42 Å². The van der Waals surface area contributed by atoms with E-state index in [-0.39, 0.29) is 17.7 Å². The quantitative estimate of drug-likeness (QED) is 0.463. The number of sulfone groups is 1. The minimum absolute atomic E-state index is 0.168. The minimum Gasteiger partial charge on any atom is -0.466 e. The molecule has 7 nitrogen and oxygen atoms in total. The SMILES string of the molecule is CCNC(=NCC(C)(O)c1cc(C)oc1C)NCC1(CS(C)(=O)=O)CC1. The fourth-order valence-electron chi connectivity index (χ4n) is 3.20. The number of nitrogens with zero attached hydrogens (tertiary/aromatic N) is 1. The number of aliphatic hydroxyl groups is 1. The Morgan fingerprint density at radius 1 is 1.38 bits per heavy atom. The van der Waals surface area contributed by atoms with E-state index in [2.05, 4.69) is 15.6 Å². The van der Waals surface area contributed by atoms with Crippen molar-refractivity contribution in [3.8, 4) is 0 Å². The smallest absolute Gasteiger partial charge is 0.191 e. The van der Waals surface area contributed by atoms with Crippen LogP contribution in [0.15, 0.2) is 15.5 Å². The molecular formula is C18H31N3O4S. The van der Waals surface area contributed by atoms with E-state index in [0.717, 1.165) is 24.2 Å². The maximum atomic E-state index is 11.6. The first kappa shape index (κ1) is 20.8. The summed E-state index contributed by atoms with van der Waals surface area (Å²) < 4.78 is 28.7. The van der Waals surface area contributed by atoms with E-state index in [1.165, 1.54) is 6.26 Å². The first-order chi connectivity index (χ1) is 12.0. The van der Waals surface area contributed by atoms with Gasteiger partial charge in [0.25, 0.3) is 0 Å². The average molecular weight is 386 g/mol. The molecule has 3 N–H and O–H groups in total. The van der Waals surface area contributed by atoms with Gasteiger partial charge in [0.1, 0.15) is 27.0 Å². The maximum absolute atomic E-state index is 11.6. The highest BCUT2D eigenvalue weighted by Gasteiger charge is 2.45. The molecule has 0 aliphatic heterocycles. The second-order valence-electron chi connectivity index (χ2n) is 7.72. The van der Waals surface area contributed by atoms with Crippen molar-refractivity contribution < 1.29 is 17.9 Å². The standard InChI is InChI=1S/C18H31N3O4S/c1-6-19-16(21-11-18(7-8-18)12-26(5,23)24)20-10-17(4,22)15-9-13(2)25-14(15)3/h9,22H,6-8,10-12H2,1-5H3,(H2,19,20,21). The molecule has 1 aliphatic carbocycles. The molecule has 1 aromatic heterocycles. The van der Waals surface area contributed by atoms with Gasteiger partial charge < -0.3 is 20.2 Å². The van der Waals surface area contributed by atoms with Crippen LogP contribution in [-0.2, 0) is 15.4 Å². The lowest BCUT2D eigenvalue weighted by molar-refractivity contribution is 0.0657. The number of aliphatic imine (C=N–C) groups is 1. The summed E-state index contributed by atoms with van der Waals surface area (Å²) in [6.45, 7) is 8.74. The molecule has 0 spiro atoms. The van der Waals surface area contributed by atoms with Crippen molar-refractivity contribution in [2.24, 2.45) is 10.4 Å².